The van der Waals surface area contributed by atoms with Gasteiger partial charge in [-0.05, 0) is 72.8 Å². The lowest BCUT2D eigenvalue weighted by Crippen LogP contribution is -2.46. The van der Waals surface area contributed by atoms with Gasteiger partial charge in [-0.3, -0.25) is 14.5 Å². The molecular weight excluding hydrogens is 424 g/mol. The molecular formula is C25H28N2O2S2. The molecule has 4 rings (SSSR count). The smallest absolute Gasteiger partial charge is 0.248 e. The first kappa shape index (κ1) is 21.8. The first-order valence-electron chi connectivity index (χ1n) is 10.8. The van der Waals surface area contributed by atoms with Crippen LogP contribution < -0.4 is 10.2 Å². The lowest BCUT2D eigenvalue weighted by Gasteiger charge is -2.32. The van der Waals surface area contributed by atoms with Crippen LogP contribution in [-0.2, 0) is 16.0 Å². The number of rotatable bonds is 7. The molecule has 0 aliphatic heterocycles. The van der Waals surface area contributed by atoms with Crippen LogP contribution in [0.4, 0.5) is 5.69 Å². The highest BCUT2D eigenvalue weighted by molar-refractivity contribution is 7.10. The molecule has 1 aliphatic carbocycles. The molecule has 162 valence electrons. The number of hydrogen-bond donors (Lipinski definition) is 1. The first-order chi connectivity index (χ1) is 15.0. The maximum absolute atomic E-state index is 13.6. The average molecular weight is 453 g/mol. The molecule has 6 heteroatoms. The van der Waals surface area contributed by atoms with E-state index in [4.69, 9.17) is 0 Å². The Labute approximate surface area is 191 Å². The quantitative estimate of drug-likeness (QED) is 0.492. The molecule has 1 atom stereocenters. The summed E-state index contributed by atoms with van der Waals surface area (Å²) in [5.74, 6) is -0.155. The molecule has 1 aliphatic rings. The zero-order valence-electron chi connectivity index (χ0n) is 18.0. The van der Waals surface area contributed by atoms with Crippen molar-refractivity contribution in [3.8, 4) is 0 Å². The van der Waals surface area contributed by atoms with E-state index in [2.05, 4.69) is 12.2 Å². The first-order valence-corrected chi connectivity index (χ1v) is 12.5. The number of nitrogens with one attached hydrogen (secondary N) is 1. The van der Waals surface area contributed by atoms with Gasteiger partial charge in [0.25, 0.3) is 0 Å². The Morgan fingerprint density at radius 1 is 1.03 bits per heavy atom. The number of benzene rings is 1. The van der Waals surface area contributed by atoms with Crippen molar-refractivity contribution in [2.75, 3.05) is 4.90 Å². The van der Waals surface area contributed by atoms with Crippen molar-refractivity contribution >= 4 is 40.2 Å². The van der Waals surface area contributed by atoms with Gasteiger partial charge in [-0.15, -0.1) is 22.7 Å². The molecule has 0 radical (unpaired) electrons. The van der Waals surface area contributed by atoms with E-state index in [9.17, 15) is 9.59 Å². The molecule has 1 saturated carbocycles. The SMILES string of the molecule is Cc1ccc(N(C(=O)Cc2cccs2)[C@@H](C(=O)NC2CCCC2)c2cccs2)cc1C. The Balaban J connectivity index is 1.73. The van der Waals surface area contributed by atoms with Gasteiger partial charge in [0.2, 0.25) is 11.8 Å². The summed E-state index contributed by atoms with van der Waals surface area (Å²) in [4.78, 5) is 30.8. The second kappa shape index (κ2) is 9.79. The Morgan fingerprint density at radius 2 is 1.77 bits per heavy atom. The Kier molecular flexibility index (Phi) is 6.88. The van der Waals surface area contributed by atoms with E-state index in [-0.39, 0.29) is 24.3 Å². The van der Waals surface area contributed by atoms with Crippen molar-refractivity contribution in [1.29, 1.82) is 0 Å². The van der Waals surface area contributed by atoms with Crippen LogP contribution in [0.1, 0.15) is 52.6 Å². The van der Waals surface area contributed by atoms with Crippen LogP contribution in [0.15, 0.2) is 53.2 Å². The Morgan fingerprint density at radius 3 is 2.42 bits per heavy atom. The van der Waals surface area contributed by atoms with Crippen LogP contribution in [-0.4, -0.2) is 17.9 Å². The van der Waals surface area contributed by atoms with Crippen molar-refractivity contribution in [3.05, 3.63) is 74.1 Å². The molecule has 3 aromatic rings. The normalized spacial score (nSPS) is 15.0. The molecule has 1 fully saturated rings. The molecule has 2 aromatic heterocycles. The van der Waals surface area contributed by atoms with E-state index in [1.807, 2.05) is 60.1 Å². The molecule has 0 bridgehead atoms. The number of anilines is 1. The second-order valence-corrected chi connectivity index (χ2v) is 10.2. The van der Waals surface area contributed by atoms with Gasteiger partial charge in [-0.2, -0.15) is 0 Å². The molecule has 2 heterocycles. The number of amides is 2. The van der Waals surface area contributed by atoms with Crippen molar-refractivity contribution in [1.82, 2.24) is 5.32 Å². The minimum atomic E-state index is -0.671. The van der Waals surface area contributed by atoms with E-state index in [0.717, 1.165) is 52.3 Å². The number of thiophene rings is 2. The summed E-state index contributed by atoms with van der Waals surface area (Å²) < 4.78 is 0. The maximum Gasteiger partial charge on any atom is 0.248 e. The summed E-state index contributed by atoms with van der Waals surface area (Å²) in [5.41, 5.74) is 3.04. The van der Waals surface area contributed by atoms with Gasteiger partial charge < -0.3 is 5.32 Å². The third kappa shape index (κ3) is 5.08. The lowest BCUT2D eigenvalue weighted by molar-refractivity contribution is -0.126. The summed E-state index contributed by atoms with van der Waals surface area (Å²) in [6.45, 7) is 4.10. The predicted molar refractivity (Wildman–Crippen MR) is 129 cm³/mol. The van der Waals surface area contributed by atoms with Crippen LogP contribution >= 0.6 is 22.7 Å². The van der Waals surface area contributed by atoms with E-state index >= 15 is 0 Å². The number of hydrogen-bond acceptors (Lipinski definition) is 4. The van der Waals surface area contributed by atoms with E-state index in [1.54, 1.807) is 16.2 Å². The largest absolute Gasteiger partial charge is 0.351 e. The van der Waals surface area contributed by atoms with Crippen LogP contribution in [0.3, 0.4) is 0 Å². The molecule has 31 heavy (non-hydrogen) atoms. The molecule has 1 aromatic carbocycles. The highest BCUT2D eigenvalue weighted by Crippen LogP contribution is 2.33. The average Bonchev–Trinajstić information content (AvgIpc) is 3.52. The third-order valence-corrected chi connectivity index (χ3v) is 7.76. The highest BCUT2D eigenvalue weighted by Gasteiger charge is 2.35. The van der Waals surface area contributed by atoms with Crippen LogP contribution in [0.2, 0.25) is 0 Å². The van der Waals surface area contributed by atoms with Crippen LogP contribution in [0, 0.1) is 13.8 Å². The van der Waals surface area contributed by atoms with Gasteiger partial charge >= 0.3 is 0 Å². The fourth-order valence-corrected chi connectivity index (χ4v) is 5.64. The van der Waals surface area contributed by atoms with Crippen molar-refractivity contribution < 1.29 is 9.59 Å². The van der Waals surface area contributed by atoms with E-state index in [0.29, 0.717) is 0 Å². The summed E-state index contributed by atoms with van der Waals surface area (Å²) in [6.07, 6.45) is 4.59. The minimum Gasteiger partial charge on any atom is -0.351 e. The molecule has 0 saturated heterocycles. The van der Waals surface area contributed by atoms with Gasteiger partial charge in [-0.1, -0.05) is 31.0 Å². The van der Waals surface area contributed by atoms with Gasteiger partial charge in [-0.25, -0.2) is 0 Å². The fraction of sp³-hybridized carbons (Fsp3) is 0.360. The standard InChI is InChI=1S/C25H28N2O2S2/c1-17-11-12-20(15-18(17)2)27(23(28)16-21-9-5-13-30-21)24(22-10-6-14-31-22)25(29)26-19-7-3-4-8-19/h5-6,9-15,19,24H,3-4,7-8,16H2,1-2H3,(H,26,29)/t24-/m1/s1. The van der Waals surface area contributed by atoms with Gasteiger partial charge in [0.1, 0.15) is 6.04 Å². The number of aryl methyl sites for hydroxylation is 2. The monoisotopic (exact) mass is 452 g/mol. The van der Waals surface area contributed by atoms with Crippen molar-refractivity contribution in [3.63, 3.8) is 0 Å². The summed E-state index contributed by atoms with van der Waals surface area (Å²) in [6, 6.07) is 13.4. The predicted octanol–water partition coefficient (Wildman–Crippen LogP) is 5.80. The minimum absolute atomic E-state index is 0.0642. The maximum atomic E-state index is 13.6. The third-order valence-electron chi connectivity index (χ3n) is 5.96. The van der Waals surface area contributed by atoms with E-state index in [1.165, 1.54) is 11.3 Å². The number of nitrogens with zero attached hydrogens (tertiary/aromatic N) is 1. The van der Waals surface area contributed by atoms with E-state index < -0.39 is 6.04 Å². The summed E-state index contributed by atoms with van der Waals surface area (Å²) in [5, 5.41) is 7.18. The zero-order valence-corrected chi connectivity index (χ0v) is 19.6. The van der Waals surface area contributed by atoms with Gasteiger partial charge in [0, 0.05) is 21.5 Å². The molecule has 0 unspecified atom stereocenters. The summed E-state index contributed by atoms with van der Waals surface area (Å²) >= 11 is 3.09. The van der Waals surface area contributed by atoms with Gasteiger partial charge in [0.15, 0.2) is 0 Å². The number of carbonyl (C=O) groups is 2. The van der Waals surface area contributed by atoms with Crippen molar-refractivity contribution in [2.45, 2.75) is 58.0 Å². The topological polar surface area (TPSA) is 49.4 Å². The fourth-order valence-electron chi connectivity index (χ4n) is 4.13. The molecule has 4 nitrogen and oxygen atoms in total. The lowest BCUT2D eigenvalue weighted by atomic mass is 10.1. The zero-order chi connectivity index (χ0) is 21.8. The highest BCUT2D eigenvalue weighted by atomic mass is 32.1. The molecule has 1 N–H and O–H groups in total. The van der Waals surface area contributed by atoms with Crippen LogP contribution in [0.25, 0.3) is 0 Å². The Hall–Kier alpha value is -2.44. The van der Waals surface area contributed by atoms with Crippen molar-refractivity contribution in [2.24, 2.45) is 0 Å². The Bertz CT molecular complexity index is 1020. The molecule has 0 spiro atoms. The summed E-state index contributed by atoms with van der Waals surface area (Å²) in [7, 11) is 0. The number of carbonyl (C=O) groups excluding carboxylic acids is 2. The van der Waals surface area contributed by atoms with Crippen LogP contribution in [0.5, 0.6) is 0 Å². The second-order valence-electron chi connectivity index (χ2n) is 8.20. The molecule has 2 amide bonds. The van der Waals surface area contributed by atoms with Gasteiger partial charge in [0.05, 0.1) is 6.42 Å².